The molecular formula is C18H12N2O8S4. The number of nitrogens with zero attached hydrogens (tertiary/aromatic N) is 1. The van der Waals surface area contributed by atoms with E-state index in [4.69, 9.17) is 0 Å². The van der Waals surface area contributed by atoms with E-state index in [0.29, 0.717) is 12.1 Å². The van der Waals surface area contributed by atoms with Gasteiger partial charge in [-0.1, -0.05) is 30.3 Å². The number of aromatic nitrogens is 2. The molecule has 10 nitrogen and oxygen atoms in total. The molecule has 0 spiro atoms. The lowest BCUT2D eigenvalue weighted by Crippen LogP contribution is -2.16. The minimum absolute atomic E-state index is 0.285. The Bertz CT molecular complexity index is 1660. The number of benzene rings is 2. The molecule has 0 fully saturated rings. The van der Waals surface area contributed by atoms with Crippen LogP contribution < -0.4 is 0 Å². The van der Waals surface area contributed by atoms with Crippen molar-refractivity contribution in [3.63, 3.8) is 0 Å². The van der Waals surface area contributed by atoms with Crippen LogP contribution in [0.2, 0.25) is 0 Å². The number of nitrogens with one attached hydrogen (secondary N) is 1. The standard InChI is InChI=1S/C18H12N2O8S4/c21-29(22)12-9-14-15(32(27,28)18(31(14,25)26)17-19-6-7-20-17)10-13(12)30(23,24)16(29)8-11-4-2-1-3-5-11/h1-10,18H,(H,19,20). The van der Waals surface area contributed by atoms with Gasteiger partial charge in [-0.25, -0.2) is 38.7 Å². The highest BCUT2D eigenvalue weighted by molar-refractivity contribution is 8.17. The largest absolute Gasteiger partial charge is 0.347 e. The van der Waals surface area contributed by atoms with Crippen molar-refractivity contribution < 1.29 is 33.7 Å². The fraction of sp³-hybridized carbons (Fsp3) is 0.0556. The average Bonchev–Trinajstić information content (AvgIpc) is 3.32. The first kappa shape index (κ1) is 21.1. The van der Waals surface area contributed by atoms with E-state index in [0.717, 1.165) is 6.08 Å². The van der Waals surface area contributed by atoms with Gasteiger partial charge in [0.1, 0.15) is 5.82 Å². The summed E-state index contributed by atoms with van der Waals surface area (Å²) in [4.78, 5) is 3.02. The topological polar surface area (TPSA) is 165 Å². The van der Waals surface area contributed by atoms with E-state index in [1.807, 2.05) is 0 Å². The molecule has 1 N–H and O–H groups in total. The summed E-state index contributed by atoms with van der Waals surface area (Å²) in [7, 11) is -18.5. The van der Waals surface area contributed by atoms with E-state index >= 15 is 0 Å². The Morgan fingerprint density at radius 1 is 0.750 bits per heavy atom. The van der Waals surface area contributed by atoms with Crippen molar-refractivity contribution >= 4 is 45.4 Å². The van der Waals surface area contributed by atoms with Gasteiger partial charge in [0.2, 0.25) is 43.9 Å². The summed E-state index contributed by atoms with van der Waals surface area (Å²) < 4.78 is 101. The number of aromatic amines is 1. The van der Waals surface area contributed by atoms with Crippen LogP contribution in [-0.2, 0) is 39.3 Å². The predicted molar refractivity (Wildman–Crippen MR) is 111 cm³/mol. The molecule has 3 aromatic rings. The second-order valence-corrected chi connectivity index (χ2v) is 15.4. The summed E-state index contributed by atoms with van der Waals surface area (Å²) in [6.45, 7) is 0. The number of hydrogen-bond donors (Lipinski definition) is 1. The zero-order valence-electron chi connectivity index (χ0n) is 15.7. The van der Waals surface area contributed by atoms with Crippen LogP contribution >= 0.6 is 0 Å². The van der Waals surface area contributed by atoms with Crippen molar-refractivity contribution in [3.05, 3.63) is 70.5 Å². The van der Waals surface area contributed by atoms with Gasteiger partial charge >= 0.3 is 0 Å². The van der Waals surface area contributed by atoms with Crippen LogP contribution in [0.5, 0.6) is 0 Å². The van der Waals surface area contributed by atoms with Crippen molar-refractivity contribution in [2.24, 2.45) is 0 Å². The van der Waals surface area contributed by atoms with Crippen molar-refractivity contribution in [1.82, 2.24) is 9.97 Å². The molecule has 2 aliphatic heterocycles. The van der Waals surface area contributed by atoms with Gasteiger partial charge in [0.05, 0.1) is 19.6 Å². The summed E-state index contributed by atoms with van der Waals surface area (Å²) in [5, 5.41) is 0. The maximum atomic E-state index is 13.1. The normalized spacial score (nSPS) is 21.7. The Kier molecular flexibility index (Phi) is 4.19. The Balaban J connectivity index is 1.81. The molecule has 0 aliphatic carbocycles. The molecule has 0 saturated heterocycles. The zero-order valence-corrected chi connectivity index (χ0v) is 19.0. The van der Waals surface area contributed by atoms with Crippen molar-refractivity contribution in [2.75, 3.05) is 0 Å². The zero-order chi connectivity index (χ0) is 23.1. The monoisotopic (exact) mass is 512 g/mol. The maximum absolute atomic E-state index is 13.1. The number of fused-ring (bicyclic) bond motifs is 2. The Hall–Kier alpha value is -2.81. The molecule has 166 valence electrons. The lowest BCUT2D eigenvalue weighted by Gasteiger charge is -2.05. The average molecular weight is 513 g/mol. The fourth-order valence-electron chi connectivity index (χ4n) is 3.69. The molecule has 0 radical (unpaired) electrons. The van der Waals surface area contributed by atoms with E-state index in [1.165, 1.54) is 24.5 Å². The number of rotatable bonds is 2. The molecule has 0 bridgehead atoms. The van der Waals surface area contributed by atoms with E-state index in [9.17, 15) is 33.7 Å². The van der Waals surface area contributed by atoms with Crippen molar-refractivity contribution in [1.29, 1.82) is 0 Å². The Morgan fingerprint density at radius 2 is 1.28 bits per heavy atom. The van der Waals surface area contributed by atoms with Gasteiger partial charge in [-0.05, 0) is 23.8 Å². The van der Waals surface area contributed by atoms with Gasteiger partial charge in [-0.15, -0.1) is 0 Å². The highest BCUT2D eigenvalue weighted by atomic mass is 32.3. The summed E-state index contributed by atoms with van der Waals surface area (Å²) in [5.41, 5.74) is 0.285. The highest BCUT2D eigenvalue weighted by Gasteiger charge is 2.55. The van der Waals surface area contributed by atoms with Crippen LogP contribution in [0.25, 0.3) is 6.08 Å². The van der Waals surface area contributed by atoms with Gasteiger partial charge in [0.15, 0.2) is 4.24 Å². The third kappa shape index (κ3) is 2.63. The first-order valence-corrected chi connectivity index (χ1v) is 14.9. The van der Waals surface area contributed by atoms with Crippen LogP contribution in [0.4, 0.5) is 0 Å². The van der Waals surface area contributed by atoms with Crippen LogP contribution in [0.1, 0.15) is 16.0 Å². The molecule has 2 aromatic carbocycles. The van der Waals surface area contributed by atoms with E-state index in [2.05, 4.69) is 9.97 Å². The summed E-state index contributed by atoms with van der Waals surface area (Å²) in [6, 6.07) is 9.02. The smallest absolute Gasteiger partial charge is 0.228 e. The van der Waals surface area contributed by atoms with Crippen LogP contribution in [0, 0.1) is 0 Å². The first-order chi connectivity index (χ1) is 14.9. The highest BCUT2D eigenvalue weighted by Crippen LogP contribution is 2.51. The van der Waals surface area contributed by atoms with Gasteiger partial charge in [0.25, 0.3) is 0 Å². The van der Waals surface area contributed by atoms with Gasteiger partial charge in [0, 0.05) is 12.4 Å². The van der Waals surface area contributed by atoms with E-state index in [1.54, 1.807) is 18.2 Å². The molecule has 0 amide bonds. The third-order valence-corrected chi connectivity index (χ3v) is 14.8. The molecule has 2 aliphatic rings. The minimum Gasteiger partial charge on any atom is -0.347 e. The van der Waals surface area contributed by atoms with Crippen LogP contribution in [-0.4, -0.2) is 43.6 Å². The molecule has 0 atom stereocenters. The fourth-order valence-corrected chi connectivity index (χ4v) is 13.6. The van der Waals surface area contributed by atoms with Crippen molar-refractivity contribution in [3.8, 4) is 0 Å². The molecule has 3 heterocycles. The number of sulfone groups is 4. The minimum atomic E-state index is -4.64. The number of hydrogen-bond acceptors (Lipinski definition) is 9. The third-order valence-electron chi connectivity index (χ3n) is 5.12. The molecule has 5 rings (SSSR count). The maximum Gasteiger partial charge on any atom is 0.228 e. The summed E-state index contributed by atoms with van der Waals surface area (Å²) in [6.07, 6.45) is 3.35. The Morgan fingerprint density at radius 3 is 1.75 bits per heavy atom. The van der Waals surface area contributed by atoms with E-state index in [-0.39, 0.29) is 11.4 Å². The second-order valence-electron chi connectivity index (χ2n) is 7.02. The Labute approximate surface area is 183 Å². The van der Waals surface area contributed by atoms with Gasteiger partial charge < -0.3 is 4.98 Å². The second kappa shape index (κ2) is 6.37. The van der Waals surface area contributed by atoms with Gasteiger partial charge in [-0.2, -0.15) is 0 Å². The SMILES string of the molecule is O=S1(=O)C(=Cc2ccccc2)S(=O)(=O)c2cc3c(cc21)S(=O)(=O)C(c1ncc[nH]1)S3(=O)=O. The molecule has 0 saturated carbocycles. The number of imidazole rings is 1. The molecule has 32 heavy (non-hydrogen) atoms. The number of H-pyrrole nitrogens is 1. The molecule has 14 heteroatoms. The molecular weight excluding hydrogens is 500 g/mol. The summed E-state index contributed by atoms with van der Waals surface area (Å²) in [5.74, 6) is -0.378. The van der Waals surface area contributed by atoms with Crippen LogP contribution in [0.15, 0.2) is 78.7 Å². The lowest BCUT2D eigenvalue weighted by molar-refractivity contribution is 0.583. The predicted octanol–water partition coefficient (Wildman–Crippen LogP) is 1.23. The van der Waals surface area contributed by atoms with Crippen molar-refractivity contribution in [2.45, 2.75) is 24.2 Å². The lowest BCUT2D eigenvalue weighted by atomic mass is 10.2. The van der Waals surface area contributed by atoms with Gasteiger partial charge in [-0.3, -0.25) is 0 Å². The molecule has 1 aromatic heterocycles. The molecule has 0 unspecified atom stereocenters. The van der Waals surface area contributed by atoms with E-state index < -0.39 is 67.8 Å². The quantitative estimate of drug-likeness (QED) is 0.531. The van der Waals surface area contributed by atoms with Crippen LogP contribution in [0.3, 0.4) is 0 Å². The summed E-state index contributed by atoms with van der Waals surface area (Å²) >= 11 is 0. The first-order valence-electron chi connectivity index (χ1n) is 8.81.